The van der Waals surface area contributed by atoms with Gasteiger partial charge < -0.3 is 14.8 Å². The fourth-order valence-electron chi connectivity index (χ4n) is 2.71. The smallest absolute Gasteiger partial charge is 0.194 e. The molecule has 28 heavy (non-hydrogen) atoms. The van der Waals surface area contributed by atoms with E-state index < -0.39 is 9.84 Å². The second-order valence-corrected chi connectivity index (χ2v) is 8.97. The number of aromatic nitrogens is 1. The molecule has 1 N–H and O–H groups in total. The van der Waals surface area contributed by atoms with E-state index in [1.165, 1.54) is 6.26 Å². The van der Waals surface area contributed by atoms with Gasteiger partial charge in [0.05, 0.1) is 16.5 Å². The number of guanidine groups is 1. The lowest BCUT2D eigenvalue weighted by atomic mass is 10.1. The van der Waals surface area contributed by atoms with Crippen molar-refractivity contribution >= 4 is 51.4 Å². The lowest BCUT2D eigenvalue weighted by Crippen LogP contribution is -2.39. The minimum absolute atomic E-state index is 0. The summed E-state index contributed by atoms with van der Waals surface area (Å²) in [5.74, 6) is 0.822. The molecule has 0 atom stereocenters. The molecular formula is C19H28ClIN4O2S. The second-order valence-electron chi connectivity index (χ2n) is 6.52. The maximum Gasteiger partial charge on any atom is 0.194 e. The van der Waals surface area contributed by atoms with Crippen molar-refractivity contribution in [1.29, 1.82) is 0 Å². The van der Waals surface area contributed by atoms with Gasteiger partial charge in [-0.15, -0.1) is 24.0 Å². The Morgan fingerprint density at radius 3 is 2.43 bits per heavy atom. The molecule has 6 nitrogen and oxygen atoms in total. The van der Waals surface area contributed by atoms with Gasteiger partial charge in [-0.2, -0.15) is 0 Å². The number of hydrogen-bond acceptors (Lipinski definition) is 3. The molecule has 0 aliphatic heterocycles. The first-order valence-corrected chi connectivity index (χ1v) is 11.1. The highest BCUT2D eigenvalue weighted by Gasteiger charge is 2.10. The quantitative estimate of drug-likeness (QED) is 0.334. The van der Waals surface area contributed by atoms with Gasteiger partial charge in [0.25, 0.3) is 0 Å². The number of hydrogen-bond donors (Lipinski definition) is 1. The number of nitrogens with one attached hydrogen (secondary N) is 1. The van der Waals surface area contributed by atoms with Crippen molar-refractivity contribution in [2.24, 2.45) is 12.0 Å². The molecule has 0 bridgehead atoms. The molecule has 0 spiro atoms. The molecule has 1 aromatic carbocycles. The Hall–Kier alpha value is -1.26. The van der Waals surface area contributed by atoms with Crippen molar-refractivity contribution in [3.05, 3.63) is 52.8 Å². The van der Waals surface area contributed by atoms with Gasteiger partial charge in [-0.05, 0) is 37.1 Å². The van der Waals surface area contributed by atoms with E-state index in [0.29, 0.717) is 18.0 Å². The van der Waals surface area contributed by atoms with Crippen LogP contribution in [0.3, 0.4) is 0 Å². The van der Waals surface area contributed by atoms with Crippen molar-refractivity contribution in [2.45, 2.75) is 24.8 Å². The molecule has 156 valence electrons. The molecule has 0 aliphatic rings. The van der Waals surface area contributed by atoms with E-state index in [1.807, 2.05) is 50.0 Å². The lowest BCUT2D eigenvalue weighted by molar-refractivity contribution is 0.462. The van der Waals surface area contributed by atoms with E-state index in [4.69, 9.17) is 11.6 Å². The zero-order valence-corrected chi connectivity index (χ0v) is 20.5. The number of aryl methyl sites for hydroxylation is 1. The molecule has 0 aliphatic carbocycles. The molecule has 1 aromatic heterocycles. The number of sulfone groups is 1. The summed E-state index contributed by atoms with van der Waals surface area (Å²) in [7, 11) is 0.802. The molecule has 0 fully saturated rings. The van der Waals surface area contributed by atoms with Crippen LogP contribution in [0.4, 0.5) is 0 Å². The number of halogens is 2. The third-order valence-electron chi connectivity index (χ3n) is 4.18. The number of nitrogens with zero attached hydrogens (tertiary/aromatic N) is 3. The first-order valence-electron chi connectivity index (χ1n) is 8.80. The van der Waals surface area contributed by atoms with Crippen LogP contribution in [0.2, 0.25) is 5.02 Å². The van der Waals surface area contributed by atoms with E-state index in [-0.39, 0.29) is 24.0 Å². The highest BCUT2D eigenvalue weighted by Crippen LogP contribution is 2.14. The fourth-order valence-corrected chi connectivity index (χ4v) is 3.61. The summed E-state index contributed by atoms with van der Waals surface area (Å²) in [6.07, 6.45) is 3.84. The first-order chi connectivity index (χ1) is 12.7. The summed E-state index contributed by atoms with van der Waals surface area (Å²) in [6, 6.07) is 8.92. The predicted molar refractivity (Wildman–Crippen MR) is 127 cm³/mol. The van der Waals surface area contributed by atoms with Crippen molar-refractivity contribution in [2.75, 3.05) is 26.4 Å². The molecule has 0 amide bonds. The Morgan fingerprint density at radius 2 is 1.93 bits per heavy atom. The first kappa shape index (κ1) is 24.8. The Balaban J connectivity index is 0.00000392. The molecular weight excluding hydrogens is 511 g/mol. The molecule has 0 unspecified atom stereocenters. The van der Waals surface area contributed by atoms with Crippen molar-refractivity contribution < 1.29 is 8.42 Å². The van der Waals surface area contributed by atoms with Gasteiger partial charge in [-0.3, -0.25) is 4.99 Å². The Kier molecular flexibility index (Phi) is 9.79. The van der Waals surface area contributed by atoms with Crippen LogP contribution in [-0.4, -0.2) is 50.2 Å². The van der Waals surface area contributed by atoms with Crippen LogP contribution in [0.5, 0.6) is 0 Å². The number of benzene rings is 1. The average molecular weight is 539 g/mol. The summed E-state index contributed by atoms with van der Waals surface area (Å²) < 4.78 is 25.1. The lowest BCUT2D eigenvalue weighted by Gasteiger charge is -2.22. The zero-order valence-electron chi connectivity index (χ0n) is 16.6. The summed E-state index contributed by atoms with van der Waals surface area (Å²) in [5.41, 5.74) is 2.16. The summed E-state index contributed by atoms with van der Waals surface area (Å²) in [5, 5.41) is 4.02. The van der Waals surface area contributed by atoms with Crippen molar-refractivity contribution in [3.63, 3.8) is 0 Å². The number of rotatable bonds is 7. The summed E-state index contributed by atoms with van der Waals surface area (Å²) in [4.78, 5) is 7.08. The molecule has 1 heterocycles. The highest BCUT2D eigenvalue weighted by atomic mass is 127. The SMILES string of the molecule is CCNC(=NCCc1ccc(S(C)(=O)=O)cc1)N(C)Cc1cc(Cl)cn1C.I. The van der Waals surface area contributed by atoms with Crippen LogP contribution in [0.25, 0.3) is 0 Å². The maximum atomic E-state index is 11.5. The molecule has 0 saturated carbocycles. The van der Waals surface area contributed by atoms with E-state index in [1.54, 1.807) is 12.1 Å². The van der Waals surface area contributed by atoms with E-state index >= 15 is 0 Å². The van der Waals surface area contributed by atoms with Crippen LogP contribution in [0.1, 0.15) is 18.2 Å². The zero-order chi connectivity index (χ0) is 20.0. The van der Waals surface area contributed by atoms with Gasteiger partial charge in [0.1, 0.15) is 0 Å². The van der Waals surface area contributed by atoms with Crippen LogP contribution in [0, 0.1) is 0 Å². The van der Waals surface area contributed by atoms with E-state index in [9.17, 15) is 8.42 Å². The Morgan fingerprint density at radius 1 is 1.29 bits per heavy atom. The largest absolute Gasteiger partial charge is 0.357 e. The van der Waals surface area contributed by atoms with Crippen LogP contribution < -0.4 is 5.32 Å². The van der Waals surface area contributed by atoms with Gasteiger partial charge in [0.15, 0.2) is 15.8 Å². The molecule has 9 heteroatoms. The predicted octanol–water partition coefficient (Wildman–Crippen LogP) is 3.34. The van der Waals surface area contributed by atoms with Crippen molar-refractivity contribution in [3.8, 4) is 0 Å². The van der Waals surface area contributed by atoms with Crippen LogP contribution in [0.15, 0.2) is 46.4 Å². The molecule has 0 saturated heterocycles. The number of aliphatic imine (C=N–C) groups is 1. The van der Waals surface area contributed by atoms with E-state index in [0.717, 1.165) is 35.2 Å². The van der Waals surface area contributed by atoms with Crippen molar-refractivity contribution in [1.82, 2.24) is 14.8 Å². The summed E-state index contributed by atoms with van der Waals surface area (Å²) >= 11 is 6.06. The monoisotopic (exact) mass is 538 g/mol. The fraction of sp³-hybridized carbons (Fsp3) is 0.421. The van der Waals surface area contributed by atoms with Crippen LogP contribution in [-0.2, 0) is 29.9 Å². The topological polar surface area (TPSA) is 66.7 Å². The summed E-state index contributed by atoms with van der Waals surface area (Å²) in [6.45, 7) is 4.11. The standard InChI is InChI=1S/C19H27ClN4O2S.HI/c1-5-21-19(24(3)14-17-12-16(20)13-23(17)2)22-11-10-15-6-8-18(9-7-15)27(4,25)26;/h6-9,12-13H,5,10-11,14H2,1-4H3,(H,21,22);1H. The van der Waals surface area contributed by atoms with E-state index in [2.05, 4.69) is 15.2 Å². The van der Waals surface area contributed by atoms with Gasteiger partial charge in [0, 0.05) is 45.3 Å². The minimum atomic E-state index is -3.16. The normalized spacial score (nSPS) is 11.8. The van der Waals surface area contributed by atoms with Crippen LogP contribution >= 0.6 is 35.6 Å². The van der Waals surface area contributed by atoms with Gasteiger partial charge >= 0.3 is 0 Å². The Labute approximate surface area is 189 Å². The average Bonchev–Trinajstić information content (AvgIpc) is 2.91. The van der Waals surface area contributed by atoms with Gasteiger partial charge in [-0.1, -0.05) is 23.7 Å². The third kappa shape index (κ3) is 7.29. The molecule has 0 radical (unpaired) electrons. The Bertz CT molecular complexity index is 895. The second kappa shape index (κ2) is 11.1. The maximum absolute atomic E-state index is 11.5. The van der Waals surface area contributed by atoms with Gasteiger partial charge in [0.2, 0.25) is 0 Å². The molecule has 2 aromatic rings. The van der Waals surface area contributed by atoms with Gasteiger partial charge in [-0.25, -0.2) is 8.42 Å². The minimum Gasteiger partial charge on any atom is -0.357 e. The molecule has 2 rings (SSSR count). The third-order valence-corrected chi connectivity index (χ3v) is 5.52. The highest BCUT2D eigenvalue weighted by molar-refractivity contribution is 14.0.